The largest absolute Gasteiger partial charge is 0.378 e. The average Bonchev–Trinajstić information content (AvgIpc) is 2.84. The van der Waals surface area contributed by atoms with Crippen molar-refractivity contribution >= 4 is 35.1 Å². The summed E-state index contributed by atoms with van der Waals surface area (Å²) in [7, 11) is 0. The molecule has 1 fully saturated rings. The number of nitrogens with one attached hydrogen (secondary N) is 1. The van der Waals surface area contributed by atoms with E-state index in [1.54, 1.807) is 12.3 Å². The summed E-state index contributed by atoms with van der Waals surface area (Å²) >= 11 is 7.74. The number of hydrogen-bond acceptors (Lipinski definition) is 7. The highest BCUT2D eigenvalue weighted by Crippen LogP contribution is 2.25. The Morgan fingerprint density at radius 3 is 2.69 bits per heavy atom. The van der Waals surface area contributed by atoms with Gasteiger partial charge in [-0.2, -0.15) is 0 Å². The third-order valence-corrected chi connectivity index (χ3v) is 6.08. The van der Waals surface area contributed by atoms with Crippen LogP contribution in [0.5, 0.6) is 0 Å². The van der Waals surface area contributed by atoms with Crippen LogP contribution in [0.3, 0.4) is 0 Å². The van der Waals surface area contributed by atoms with E-state index in [1.165, 1.54) is 11.8 Å². The van der Waals surface area contributed by atoms with Gasteiger partial charge in [-0.25, -0.2) is 9.97 Å². The number of thioether (sulfide) groups is 1. The monoisotopic (exact) mass is 469 g/mol. The van der Waals surface area contributed by atoms with Crippen LogP contribution in [-0.2, 0) is 16.9 Å². The van der Waals surface area contributed by atoms with Crippen molar-refractivity contribution in [3.05, 3.63) is 76.7 Å². The number of benzene rings is 1. The summed E-state index contributed by atoms with van der Waals surface area (Å²) in [5, 5.41) is 4.00. The van der Waals surface area contributed by atoms with Crippen LogP contribution in [0.15, 0.2) is 59.9 Å². The number of rotatable bonds is 8. The van der Waals surface area contributed by atoms with Crippen LogP contribution < -0.4 is 10.2 Å². The van der Waals surface area contributed by atoms with Crippen LogP contribution in [0.25, 0.3) is 0 Å². The molecule has 0 spiro atoms. The number of amides is 1. The number of carbonyl (C=O) groups excluding carboxylic acids is 1. The maximum absolute atomic E-state index is 12.4. The molecule has 1 aliphatic heterocycles. The lowest BCUT2D eigenvalue weighted by atomic mass is 10.1. The Morgan fingerprint density at radius 1 is 1.12 bits per heavy atom. The van der Waals surface area contributed by atoms with Crippen LogP contribution in [0.1, 0.15) is 21.6 Å². The normalized spacial score (nSPS) is 13.7. The highest BCUT2D eigenvalue weighted by atomic mass is 35.5. The maximum atomic E-state index is 12.4. The maximum Gasteiger partial charge on any atom is 0.251 e. The molecule has 1 N–H and O–H groups in total. The third kappa shape index (κ3) is 6.41. The summed E-state index contributed by atoms with van der Waals surface area (Å²) in [5.41, 5.74) is 2.67. The summed E-state index contributed by atoms with van der Waals surface area (Å²) in [6.45, 7) is 3.51. The van der Waals surface area contributed by atoms with E-state index in [0.29, 0.717) is 47.8 Å². The summed E-state index contributed by atoms with van der Waals surface area (Å²) in [5.74, 6) is 1.42. The van der Waals surface area contributed by atoms with Gasteiger partial charge in [0.15, 0.2) is 5.16 Å². The van der Waals surface area contributed by atoms with Crippen LogP contribution >= 0.6 is 23.4 Å². The molecule has 4 rings (SSSR count). The van der Waals surface area contributed by atoms with Gasteiger partial charge in [0, 0.05) is 55.3 Å². The van der Waals surface area contributed by atoms with Gasteiger partial charge in [0.1, 0.15) is 11.0 Å². The van der Waals surface area contributed by atoms with Gasteiger partial charge < -0.3 is 15.0 Å². The number of morpholine rings is 1. The first kappa shape index (κ1) is 22.5. The number of hydrogen-bond donors (Lipinski definition) is 1. The zero-order valence-corrected chi connectivity index (χ0v) is 19.1. The van der Waals surface area contributed by atoms with Crippen molar-refractivity contribution in [1.82, 2.24) is 20.3 Å². The van der Waals surface area contributed by atoms with Crippen molar-refractivity contribution in [1.29, 1.82) is 0 Å². The molecule has 7 nitrogen and oxygen atoms in total. The van der Waals surface area contributed by atoms with Gasteiger partial charge in [-0.3, -0.25) is 9.78 Å². The molecular weight excluding hydrogens is 446 g/mol. The molecule has 166 valence electrons. The summed E-state index contributed by atoms with van der Waals surface area (Å²) in [6, 6.07) is 15.1. The average molecular weight is 470 g/mol. The second-order valence-electron chi connectivity index (χ2n) is 7.24. The van der Waals surface area contributed by atoms with E-state index in [-0.39, 0.29) is 5.91 Å². The Bertz CT molecular complexity index is 1030. The van der Waals surface area contributed by atoms with Crippen LogP contribution in [0.2, 0.25) is 5.15 Å². The number of halogens is 1. The zero-order chi connectivity index (χ0) is 22.2. The topological polar surface area (TPSA) is 80.2 Å². The lowest BCUT2D eigenvalue weighted by Crippen LogP contribution is -2.36. The molecule has 1 saturated heterocycles. The molecule has 2 aromatic heterocycles. The minimum Gasteiger partial charge on any atom is -0.378 e. The van der Waals surface area contributed by atoms with Gasteiger partial charge >= 0.3 is 0 Å². The molecule has 1 aliphatic rings. The fraction of sp³-hybridized carbons (Fsp3) is 0.304. The van der Waals surface area contributed by atoms with Gasteiger partial charge in [-0.1, -0.05) is 41.6 Å². The van der Waals surface area contributed by atoms with E-state index in [2.05, 4.69) is 25.2 Å². The molecule has 0 atom stereocenters. The van der Waals surface area contributed by atoms with E-state index in [0.717, 1.165) is 30.2 Å². The second kappa shape index (κ2) is 11.3. The highest BCUT2D eigenvalue weighted by Gasteiger charge is 2.15. The summed E-state index contributed by atoms with van der Waals surface area (Å²) < 4.78 is 5.40. The van der Waals surface area contributed by atoms with E-state index in [9.17, 15) is 4.79 Å². The Labute approximate surface area is 196 Å². The molecular formula is C23H24ClN5O2S. The lowest BCUT2D eigenvalue weighted by Gasteiger charge is -2.27. The van der Waals surface area contributed by atoms with Gasteiger partial charge in [-0.05, 0) is 29.8 Å². The minimum absolute atomic E-state index is 0.0894. The first-order valence-electron chi connectivity index (χ1n) is 10.4. The van der Waals surface area contributed by atoms with Gasteiger partial charge in [0.25, 0.3) is 5.91 Å². The number of nitrogens with zero attached hydrogens (tertiary/aromatic N) is 4. The Morgan fingerprint density at radius 2 is 1.94 bits per heavy atom. The zero-order valence-electron chi connectivity index (χ0n) is 17.5. The van der Waals surface area contributed by atoms with Gasteiger partial charge in [-0.15, -0.1) is 0 Å². The molecule has 1 aromatic carbocycles. The molecule has 0 radical (unpaired) electrons. The standard InChI is InChI=1S/C23H24ClN5O2S/c24-20-15-21(29-11-13-31-14-12-29)28-23(27-20)32-16-17-4-6-18(7-5-17)22(30)26-10-8-19-3-1-2-9-25-19/h1-7,9,15H,8,10-14,16H2,(H,26,30). The minimum atomic E-state index is -0.0894. The first-order valence-corrected chi connectivity index (χ1v) is 11.8. The summed E-state index contributed by atoms with van der Waals surface area (Å²) in [4.78, 5) is 27.8. The molecule has 32 heavy (non-hydrogen) atoms. The molecule has 0 unspecified atom stereocenters. The quantitative estimate of drug-likeness (QED) is 0.306. The Hall–Kier alpha value is -2.68. The van der Waals surface area contributed by atoms with Crippen molar-refractivity contribution < 1.29 is 9.53 Å². The van der Waals surface area contributed by atoms with Crippen LogP contribution in [-0.4, -0.2) is 53.7 Å². The lowest BCUT2D eigenvalue weighted by molar-refractivity contribution is 0.0954. The molecule has 1 amide bonds. The van der Waals surface area contributed by atoms with Crippen molar-refractivity contribution in [2.45, 2.75) is 17.3 Å². The SMILES string of the molecule is O=C(NCCc1ccccn1)c1ccc(CSc2nc(Cl)cc(N3CCOCC3)n2)cc1. The second-order valence-corrected chi connectivity index (χ2v) is 8.57. The van der Waals surface area contributed by atoms with Crippen molar-refractivity contribution in [3.63, 3.8) is 0 Å². The smallest absolute Gasteiger partial charge is 0.251 e. The van der Waals surface area contributed by atoms with E-state index in [4.69, 9.17) is 16.3 Å². The molecule has 3 aromatic rings. The Kier molecular flexibility index (Phi) is 7.92. The van der Waals surface area contributed by atoms with Gasteiger partial charge in [0.05, 0.1) is 13.2 Å². The molecule has 0 saturated carbocycles. The van der Waals surface area contributed by atoms with Crippen LogP contribution in [0.4, 0.5) is 5.82 Å². The van der Waals surface area contributed by atoms with Crippen molar-refractivity contribution in [3.8, 4) is 0 Å². The molecule has 9 heteroatoms. The fourth-order valence-electron chi connectivity index (χ4n) is 3.26. The van der Waals surface area contributed by atoms with Crippen molar-refractivity contribution in [2.75, 3.05) is 37.7 Å². The number of aromatic nitrogens is 3. The predicted octanol–water partition coefficient (Wildman–Crippen LogP) is 3.63. The number of anilines is 1. The first-order chi connectivity index (χ1) is 15.7. The Balaban J connectivity index is 1.29. The molecule has 0 aliphatic carbocycles. The predicted molar refractivity (Wildman–Crippen MR) is 126 cm³/mol. The number of pyridine rings is 1. The van der Waals surface area contributed by atoms with Crippen LogP contribution in [0, 0.1) is 0 Å². The van der Waals surface area contributed by atoms with E-state index >= 15 is 0 Å². The highest BCUT2D eigenvalue weighted by molar-refractivity contribution is 7.98. The number of carbonyl (C=O) groups is 1. The fourth-order valence-corrected chi connectivity index (χ4v) is 4.29. The van der Waals surface area contributed by atoms with Gasteiger partial charge in [0.2, 0.25) is 0 Å². The number of ether oxygens (including phenoxy) is 1. The van der Waals surface area contributed by atoms with Crippen molar-refractivity contribution in [2.24, 2.45) is 0 Å². The molecule has 0 bridgehead atoms. The summed E-state index contributed by atoms with van der Waals surface area (Å²) in [6.07, 6.45) is 2.46. The molecule has 3 heterocycles. The van der Waals surface area contributed by atoms with E-state index < -0.39 is 0 Å². The van der Waals surface area contributed by atoms with E-state index in [1.807, 2.05) is 42.5 Å². The third-order valence-electron chi connectivity index (χ3n) is 4.97.